The first-order valence-corrected chi connectivity index (χ1v) is 8.05. The molecule has 0 aliphatic rings. The van der Waals surface area contributed by atoms with E-state index in [0.29, 0.717) is 31.8 Å². The molecule has 0 saturated heterocycles. The first-order valence-electron chi connectivity index (χ1n) is 8.05. The van der Waals surface area contributed by atoms with Crippen molar-refractivity contribution < 1.29 is 18.7 Å². The smallest absolute Gasteiger partial charge is 0.257 e. The van der Waals surface area contributed by atoms with Gasteiger partial charge >= 0.3 is 0 Å². The maximum absolute atomic E-state index is 14.4. The molecule has 0 radical (unpaired) electrons. The lowest BCUT2D eigenvalue weighted by Crippen LogP contribution is -2.33. The summed E-state index contributed by atoms with van der Waals surface area (Å²) in [5.74, 6) is -0.497. The minimum absolute atomic E-state index is 0.0504. The number of benzene rings is 2. The number of ether oxygens (including phenoxy) is 2. The second kappa shape index (κ2) is 9.03. The Kier molecular flexibility index (Phi) is 6.77. The summed E-state index contributed by atoms with van der Waals surface area (Å²) in [6, 6.07) is 12.1. The summed E-state index contributed by atoms with van der Waals surface area (Å²) in [7, 11) is 2.86. The summed E-state index contributed by atoms with van der Waals surface area (Å²) in [5, 5.41) is 0. The van der Waals surface area contributed by atoms with Gasteiger partial charge in [-0.15, -0.1) is 0 Å². The van der Waals surface area contributed by atoms with E-state index < -0.39 is 11.7 Å². The topological polar surface area (TPSA) is 64.8 Å². The molecule has 0 aromatic heterocycles. The third-order valence-corrected chi connectivity index (χ3v) is 3.84. The van der Waals surface area contributed by atoms with Crippen LogP contribution in [0.2, 0.25) is 0 Å². The van der Waals surface area contributed by atoms with Crippen molar-refractivity contribution in [2.24, 2.45) is 5.73 Å². The highest BCUT2D eigenvalue weighted by molar-refractivity contribution is 5.95. The van der Waals surface area contributed by atoms with E-state index >= 15 is 0 Å². The van der Waals surface area contributed by atoms with Crippen LogP contribution in [-0.2, 0) is 6.54 Å². The van der Waals surface area contributed by atoms with Crippen molar-refractivity contribution in [3.8, 4) is 11.5 Å². The van der Waals surface area contributed by atoms with Crippen LogP contribution in [0.3, 0.4) is 0 Å². The number of hydrogen-bond acceptors (Lipinski definition) is 4. The van der Waals surface area contributed by atoms with E-state index in [1.54, 1.807) is 4.90 Å². The van der Waals surface area contributed by atoms with Crippen LogP contribution < -0.4 is 15.2 Å². The minimum Gasteiger partial charge on any atom is -0.493 e. The van der Waals surface area contributed by atoms with Crippen LogP contribution in [0, 0.1) is 5.82 Å². The van der Waals surface area contributed by atoms with Gasteiger partial charge in [0.1, 0.15) is 5.82 Å². The van der Waals surface area contributed by atoms with Crippen molar-refractivity contribution in [3.05, 3.63) is 59.4 Å². The van der Waals surface area contributed by atoms with Gasteiger partial charge in [-0.05, 0) is 24.6 Å². The zero-order valence-electron chi connectivity index (χ0n) is 14.5. The first kappa shape index (κ1) is 18.7. The molecule has 0 heterocycles. The van der Waals surface area contributed by atoms with E-state index in [4.69, 9.17) is 15.2 Å². The van der Waals surface area contributed by atoms with Gasteiger partial charge in [-0.1, -0.05) is 30.3 Å². The molecular weight excluding hydrogens is 323 g/mol. The summed E-state index contributed by atoms with van der Waals surface area (Å²) in [5.41, 5.74) is 6.49. The Morgan fingerprint density at radius 1 is 1.12 bits per heavy atom. The maximum Gasteiger partial charge on any atom is 0.257 e. The molecule has 134 valence electrons. The molecule has 0 saturated carbocycles. The molecule has 0 fully saturated rings. The Hall–Kier alpha value is -2.60. The molecule has 0 aliphatic carbocycles. The molecule has 0 bridgehead atoms. The number of amides is 1. The number of methoxy groups -OCH3 is 2. The molecule has 2 aromatic rings. The largest absolute Gasteiger partial charge is 0.493 e. The molecule has 25 heavy (non-hydrogen) atoms. The molecule has 0 aliphatic heterocycles. The molecule has 1 amide bonds. The van der Waals surface area contributed by atoms with Gasteiger partial charge in [0.15, 0.2) is 11.5 Å². The third-order valence-electron chi connectivity index (χ3n) is 3.84. The highest BCUT2D eigenvalue weighted by Gasteiger charge is 2.22. The lowest BCUT2D eigenvalue weighted by Gasteiger charge is -2.23. The predicted molar refractivity (Wildman–Crippen MR) is 94.4 cm³/mol. The average molecular weight is 346 g/mol. The Bertz CT molecular complexity index is 707. The molecular formula is C19H23FN2O3. The van der Waals surface area contributed by atoms with Gasteiger partial charge in [0.05, 0.1) is 19.8 Å². The number of rotatable bonds is 8. The standard InChI is InChI=1S/C19H23FN2O3/c1-24-17-11-15(16(20)12-18(17)25-2)19(23)22(10-6-9-21)13-14-7-4-3-5-8-14/h3-5,7-8,11-12H,6,9-10,13,21H2,1-2H3. The number of hydrogen-bond donors (Lipinski definition) is 1. The van der Waals surface area contributed by atoms with Crippen molar-refractivity contribution >= 4 is 5.91 Å². The number of nitrogens with two attached hydrogens (primary N) is 1. The van der Waals surface area contributed by atoms with Crippen molar-refractivity contribution in [3.63, 3.8) is 0 Å². The van der Waals surface area contributed by atoms with Crippen molar-refractivity contribution in [1.82, 2.24) is 4.90 Å². The van der Waals surface area contributed by atoms with E-state index in [-0.39, 0.29) is 11.3 Å². The van der Waals surface area contributed by atoms with Crippen LogP contribution in [0.5, 0.6) is 11.5 Å². The molecule has 2 N–H and O–H groups in total. The summed E-state index contributed by atoms with van der Waals surface area (Å²) < 4.78 is 24.7. The van der Waals surface area contributed by atoms with E-state index in [9.17, 15) is 9.18 Å². The molecule has 5 nitrogen and oxygen atoms in total. The summed E-state index contributed by atoms with van der Waals surface area (Å²) in [6.07, 6.45) is 0.632. The molecule has 2 aromatic carbocycles. The van der Waals surface area contributed by atoms with Crippen molar-refractivity contribution in [2.45, 2.75) is 13.0 Å². The van der Waals surface area contributed by atoms with Crippen LogP contribution in [-0.4, -0.2) is 38.1 Å². The first-order chi connectivity index (χ1) is 12.1. The number of halogens is 1. The lowest BCUT2D eigenvalue weighted by atomic mass is 10.1. The zero-order valence-corrected chi connectivity index (χ0v) is 14.5. The monoisotopic (exact) mass is 346 g/mol. The number of carbonyl (C=O) groups excluding carboxylic acids is 1. The molecule has 0 spiro atoms. The van der Waals surface area contributed by atoms with Gasteiger partial charge in [0.2, 0.25) is 0 Å². The normalized spacial score (nSPS) is 10.4. The van der Waals surface area contributed by atoms with Crippen molar-refractivity contribution in [2.75, 3.05) is 27.3 Å². The Morgan fingerprint density at radius 3 is 2.36 bits per heavy atom. The Labute approximate surface area is 147 Å². The van der Waals surface area contributed by atoms with E-state index in [1.165, 1.54) is 20.3 Å². The van der Waals surface area contributed by atoms with Crippen LogP contribution in [0.15, 0.2) is 42.5 Å². The number of carbonyl (C=O) groups is 1. The maximum atomic E-state index is 14.4. The summed E-state index contributed by atoms with van der Waals surface area (Å²) >= 11 is 0. The second-order valence-corrected chi connectivity index (χ2v) is 5.54. The highest BCUT2D eigenvalue weighted by Crippen LogP contribution is 2.30. The van der Waals surface area contributed by atoms with Crippen LogP contribution in [0.25, 0.3) is 0 Å². The van der Waals surface area contributed by atoms with Crippen LogP contribution >= 0.6 is 0 Å². The van der Waals surface area contributed by atoms with Crippen LogP contribution in [0.1, 0.15) is 22.3 Å². The summed E-state index contributed by atoms with van der Waals surface area (Å²) in [6.45, 7) is 1.28. The zero-order chi connectivity index (χ0) is 18.2. The quantitative estimate of drug-likeness (QED) is 0.798. The van der Waals surface area contributed by atoms with Crippen LogP contribution in [0.4, 0.5) is 4.39 Å². The third kappa shape index (κ3) is 4.70. The van der Waals surface area contributed by atoms with Gasteiger partial charge in [0.25, 0.3) is 5.91 Å². The lowest BCUT2D eigenvalue weighted by molar-refractivity contribution is 0.0737. The Morgan fingerprint density at radius 2 is 1.76 bits per heavy atom. The van der Waals surface area contributed by atoms with Gasteiger partial charge in [-0.25, -0.2) is 4.39 Å². The molecule has 0 atom stereocenters. The van der Waals surface area contributed by atoms with Gasteiger partial charge in [-0.2, -0.15) is 0 Å². The predicted octanol–water partition coefficient (Wildman–Crippen LogP) is 2.83. The fraction of sp³-hybridized carbons (Fsp3) is 0.316. The molecule has 0 unspecified atom stereocenters. The SMILES string of the molecule is COc1cc(F)c(C(=O)N(CCCN)Cc2ccccc2)cc1OC. The van der Waals surface area contributed by atoms with E-state index in [2.05, 4.69) is 0 Å². The second-order valence-electron chi connectivity index (χ2n) is 5.54. The fourth-order valence-electron chi connectivity index (χ4n) is 2.53. The summed E-state index contributed by atoms with van der Waals surface area (Å²) in [4.78, 5) is 14.5. The van der Waals surface area contributed by atoms with Crippen molar-refractivity contribution in [1.29, 1.82) is 0 Å². The molecule has 2 rings (SSSR count). The van der Waals surface area contributed by atoms with E-state index in [1.807, 2.05) is 30.3 Å². The molecule has 6 heteroatoms. The van der Waals surface area contributed by atoms with Gasteiger partial charge in [0, 0.05) is 19.2 Å². The van der Waals surface area contributed by atoms with Gasteiger partial charge in [-0.3, -0.25) is 4.79 Å². The Balaban J connectivity index is 2.32. The number of nitrogens with zero attached hydrogens (tertiary/aromatic N) is 1. The highest BCUT2D eigenvalue weighted by atomic mass is 19.1. The average Bonchev–Trinajstić information content (AvgIpc) is 2.65. The minimum atomic E-state index is -0.645. The van der Waals surface area contributed by atoms with Gasteiger partial charge < -0.3 is 20.1 Å². The fourth-order valence-corrected chi connectivity index (χ4v) is 2.53. The van der Waals surface area contributed by atoms with E-state index in [0.717, 1.165) is 11.6 Å².